The van der Waals surface area contributed by atoms with Crippen LogP contribution in [0, 0.1) is 5.41 Å². The summed E-state index contributed by atoms with van der Waals surface area (Å²) in [5.41, 5.74) is 1.63. The summed E-state index contributed by atoms with van der Waals surface area (Å²) < 4.78 is 7.55. The number of guanidine groups is 1. The number of hydrogen-bond acceptors (Lipinski definition) is 3. The van der Waals surface area contributed by atoms with E-state index in [-0.39, 0.29) is 24.0 Å². The van der Waals surface area contributed by atoms with E-state index < -0.39 is 0 Å². The monoisotopic (exact) mass is 525 g/mol. The number of rotatable bonds is 10. The van der Waals surface area contributed by atoms with Crippen LogP contribution in [0.2, 0.25) is 0 Å². The summed E-state index contributed by atoms with van der Waals surface area (Å²) in [4.78, 5) is 8.94. The van der Waals surface area contributed by atoms with Gasteiger partial charge >= 0.3 is 0 Å². The Bertz CT molecular complexity index is 756. The van der Waals surface area contributed by atoms with Gasteiger partial charge in [0, 0.05) is 59.2 Å². The summed E-state index contributed by atoms with van der Waals surface area (Å²) >= 11 is 0. The van der Waals surface area contributed by atoms with E-state index in [0.717, 1.165) is 50.9 Å². The Morgan fingerprint density at radius 1 is 1.20 bits per heavy atom. The smallest absolute Gasteiger partial charge is 0.191 e. The van der Waals surface area contributed by atoms with Crippen LogP contribution < -0.4 is 10.6 Å². The van der Waals surface area contributed by atoms with Gasteiger partial charge in [-0.3, -0.25) is 4.99 Å². The Morgan fingerprint density at radius 2 is 1.97 bits per heavy atom. The number of benzene rings is 1. The van der Waals surface area contributed by atoms with Crippen LogP contribution in [0.1, 0.15) is 43.5 Å². The zero-order valence-electron chi connectivity index (χ0n) is 18.3. The lowest BCUT2D eigenvalue weighted by molar-refractivity contribution is 0.138. The Kier molecular flexibility index (Phi) is 10.6. The van der Waals surface area contributed by atoms with Crippen LogP contribution in [0.15, 0.2) is 47.7 Å². The highest BCUT2D eigenvalue weighted by Gasteiger charge is 2.33. The van der Waals surface area contributed by atoms with Gasteiger partial charge in [-0.2, -0.15) is 0 Å². The van der Waals surface area contributed by atoms with Gasteiger partial charge in [-0.05, 0) is 30.2 Å². The third kappa shape index (κ3) is 7.27. The lowest BCUT2D eigenvalue weighted by Crippen LogP contribution is -2.44. The fourth-order valence-corrected chi connectivity index (χ4v) is 4.24. The Hall–Kier alpha value is -1.61. The average Bonchev–Trinajstić information content (AvgIpc) is 3.40. The van der Waals surface area contributed by atoms with Crippen LogP contribution in [-0.2, 0) is 17.7 Å². The van der Waals surface area contributed by atoms with Gasteiger partial charge in [-0.25, -0.2) is 4.98 Å². The number of imidazole rings is 1. The van der Waals surface area contributed by atoms with Crippen molar-refractivity contribution in [2.24, 2.45) is 10.4 Å². The minimum atomic E-state index is 0. The number of hydrogen-bond donors (Lipinski definition) is 2. The van der Waals surface area contributed by atoms with Crippen molar-refractivity contribution in [3.05, 3.63) is 54.1 Å². The van der Waals surface area contributed by atoms with Crippen molar-refractivity contribution in [3.8, 4) is 0 Å². The molecule has 1 aromatic heterocycles. The van der Waals surface area contributed by atoms with Gasteiger partial charge < -0.3 is 19.9 Å². The molecule has 1 aromatic carbocycles. The van der Waals surface area contributed by atoms with Crippen molar-refractivity contribution in [1.29, 1.82) is 0 Å². The quantitative estimate of drug-likeness (QED) is 0.281. The Balaban J connectivity index is 0.00000320. The first-order chi connectivity index (χ1) is 14.2. The molecule has 1 aliphatic carbocycles. The first-order valence-electron chi connectivity index (χ1n) is 10.7. The van der Waals surface area contributed by atoms with Crippen LogP contribution in [0.25, 0.3) is 0 Å². The summed E-state index contributed by atoms with van der Waals surface area (Å²) in [6.07, 6.45) is 11.1. The third-order valence-corrected chi connectivity index (χ3v) is 5.99. The van der Waals surface area contributed by atoms with E-state index in [4.69, 9.17) is 4.74 Å². The normalized spacial score (nSPS) is 15.6. The van der Waals surface area contributed by atoms with E-state index in [1.807, 2.05) is 19.3 Å². The van der Waals surface area contributed by atoms with Crippen LogP contribution in [-0.4, -0.2) is 49.4 Å². The molecule has 1 fully saturated rings. The molecule has 0 saturated heterocycles. The molecule has 2 N–H and O–H groups in total. The van der Waals surface area contributed by atoms with Crippen LogP contribution in [0.4, 0.5) is 0 Å². The number of aromatic nitrogens is 2. The highest BCUT2D eigenvalue weighted by molar-refractivity contribution is 14.0. The molecule has 30 heavy (non-hydrogen) atoms. The molecule has 3 rings (SSSR count). The van der Waals surface area contributed by atoms with E-state index >= 15 is 0 Å². The summed E-state index contributed by atoms with van der Waals surface area (Å²) in [5, 5.41) is 7.00. The van der Waals surface area contributed by atoms with Crippen molar-refractivity contribution < 1.29 is 4.74 Å². The van der Waals surface area contributed by atoms with E-state index in [1.54, 1.807) is 7.11 Å². The molecule has 0 spiro atoms. The van der Waals surface area contributed by atoms with Gasteiger partial charge in [0.25, 0.3) is 0 Å². The molecular formula is C23H36IN5O. The van der Waals surface area contributed by atoms with Gasteiger partial charge in [-0.1, -0.05) is 43.2 Å². The molecule has 1 aliphatic rings. The number of ether oxygens (including phenoxy) is 1. The van der Waals surface area contributed by atoms with E-state index in [2.05, 4.69) is 55.6 Å². The van der Waals surface area contributed by atoms with Gasteiger partial charge in [0.1, 0.15) is 5.82 Å². The zero-order valence-corrected chi connectivity index (χ0v) is 20.6. The molecule has 1 saturated carbocycles. The van der Waals surface area contributed by atoms with Gasteiger partial charge in [-0.15, -0.1) is 24.0 Å². The van der Waals surface area contributed by atoms with Gasteiger partial charge in [0.2, 0.25) is 0 Å². The summed E-state index contributed by atoms with van der Waals surface area (Å²) in [6.45, 7) is 3.44. The predicted octanol–water partition coefficient (Wildman–Crippen LogP) is 3.85. The largest absolute Gasteiger partial charge is 0.385 e. The van der Waals surface area contributed by atoms with Crippen LogP contribution >= 0.6 is 24.0 Å². The maximum atomic E-state index is 5.34. The molecule has 2 aromatic rings. The van der Waals surface area contributed by atoms with E-state index in [1.165, 1.54) is 31.2 Å². The molecule has 166 valence electrons. The molecular weight excluding hydrogens is 489 g/mol. The van der Waals surface area contributed by atoms with E-state index in [0.29, 0.717) is 5.41 Å². The molecule has 0 unspecified atom stereocenters. The SMILES string of the molecule is CN=C(NCCc1nccn1Cc1ccccc1)NCC1(CCOC)CCCC1.I. The minimum Gasteiger partial charge on any atom is -0.385 e. The minimum absolute atomic E-state index is 0. The third-order valence-electron chi connectivity index (χ3n) is 5.99. The highest BCUT2D eigenvalue weighted by atomic mass is 127. The first-order valence-corrected chi connectivity index (χ1v) is 10.7. The second-order valence-corrected chi connectivity index (χ2v) is 8.01. The van der Waals surface area contributed by atoms with E-state index in [9.17, 15) is 0 Å². The maximum Gasteiger partial charge on any atom is 0.191 e. The van der Waals surface area contributed by atoms with Crippen molar-refractivity contribution in [3.63, 3.8) is 0 Å². The second kappa shape index (κ2) is 12.9. The topological polar surface area (TPSA) is 63.5 Å². The average molecular weight is 525 g/mol. The van der Waals surface area contributed by atoms with Crippen molar-refractivity contribution in [2.75, 3.05) is 33.9 Å². The van der Waals surface area contributed by atoms with Crippen molar-refractivity contribution in [1.82, 2.24) is 20.2 Å². The number of methoxy groups -OCH3 is 1. The first kappa shape index (κ1) is 24.7. The second-order valence-electron chi connectivity index (χ2n) is 8.01. The molecule has 0 aliphatic heterocycles. The van der Waals surface area contributed by atoms with Gasteiger partial charge in [0.15, 0.2) is 5.96 Å². The molecule has 1 heterocycles. The standard InChI is InChI=1S/C23H35N5O.HI/c1-24-22(27-19-23(13-17-29-2)11-6-7-12-23)26-14-10-21-25-15-16-28(21)18-20-8-4-3-5-9-20;/h3-5,8-9,15-16H,6-7,10-14,17-19H2,1-2H3,(H2,24,26,27);1H. The molecule has 0 radical (unpaired) electrons. The lowest BCUT2D eigenvalue weighted by Gasteiger charge is -2.30. The fraction of sp³-hybridized carbons (Fsp3) is 0.565. The summed E-state index contributed by atoms with van der Waals surface area (Å²) in [7, 11) is 3.63. The number of halogens is 1. The highest BCUT2D eigenvalue weighted by Crippen LogP contribution is 2.40. The molecule has 0 amide bonds. The molecule has 0 atom stereocenters. The van der Waals surface area contributed by atoms with Crippen LogP contribution in [0.3, 0.4) is 0 Å². The number of nitrogens with zero attached hydrogens (tertiary/aromatic N) is 3. The maximum absolute atomic E-state index is 5.34. The van der Waals surface area contributed by atoms with Crippen molar-refractivity contribution in [2.45, 2.75) is 45.1 Å². The Morgan fingerprint density at radius 3 is 2.67 bits per heavy atom. The summed E-state index contributed by atoms with van der Waals surface area (Å²) in [5.74, 6) is 1.96. The zero-order chi connectivity index (χ0) is 20.4. The Labute approximate surface area is 197 Å². The number of nitrogens with one attached hydrogen (secondary N) is 2. The number of aliphatic imine (C=N–C) groups is 1. The molecule has 7 heteroatoms. The predicted molar refractivity (Wildman–Crippen MR) is 134 cm³/mol. The lowest BCUT2D eigenvalue weighted by atomic mass is 9.83. The fourth-order valence-electron chi connectivity index (χ4n) is 4.24. The molecule has 0 bridgehead atoms. The molecule has 6 nitrogen and oxygen atoms in total. The van der Waals surface area contributed by atoms with Crippen molar-refractivity contribution >= 4 is 29.9 Å². The van der Waals surface area contributed by atoms with Crippen LogP contribution in [0.5, 0.6) is 0 Å². The van der Waals surface area contributed by atoms with Gasteiger partial charge in [0.05, 0.1) is 0 Å². The summed E-state index contributed by atoms with van der Waals surface area (Å²) in [6, 6.07) is 10.5.